The highest BCUT2D eigenvalue weighted by Crippen LogP contribution is 2.48. The van der Waals surface area contributed by atoms with E-state index in [1.807, 2.05) is 43.3 Å². The molecule has 1 aliphatic rings. The van der Waals surface area contributed by atoms with Crippen molar-refractivity contribution in [1.82, 2.24) is 5.32 Å². The number of amides is 2. The molecule has 2 amide bonds. The molecule has 0 aliphatic heterocycles. The van der Waals surface area contributed by atoms with E-state index < -0.39 is 31.4 Å². The lowest BCUT2D eigenvalue weighted by atomic mass is 10.1. The Labute approximate surface area is 191 Å². The third-order valence-electron chi connectivity index (χ3n) is 5.32. The van der Waals surface area contributed by atoms with Crippen molar-refractivity contribution < 1.29 is 18.0 Å². The van der Waals surface area contributed by atoms with Crippen LogP contribution in [0.2, 0.25) is 0 Å². The van der Waals surface area contributed by atoms with E-state index in [0.717, 1.165) is 23.0 Å². The molecule has 4 rings (SSSR count). The van der Waals surface area contributed by atoms with E-state index in [1.165, 1.54) is 10.6 Å². The summed E-state index contributed by atoms with van der Waals surface area (Å²) in [6.45, 7) is 1.87. The molecule has 0 bridgehead atoms. The number of allylic oxidation sites excluding steroid dienone is 3. The van der Waals surface area contributed by atoms with Gasteiger partial charge in [0.2, 0.25) is 0 Å². The van der Waals surface area contributed by atoms with Gasteiger partial charge in [-0.05, 0) is 42.8 Å². The molecule has 0 radical (unpaired) electrons. The maximum atomic E-state index is 13.5. The van der Waals surface area contributed by atoms with Gasteiger partial charge in [-0.15, -0.1) is 0 Å². The maximum absolute atomic E-state index is 13.5. The number of rotatable bonds is 6. The van der Waals surface area contributed by atoms with Crippen LogP contribution in [0.25, 0.3) is 0 Å². The fourth-order valence-electron chi connectivity index (χ4n) is 3.79. The van der Waals surface area contributed by atoms with E-state index in [2.05, 4.69) is 47.1 Å². The Kier molecular flexibility index (Phi) is 6.95. The SMILES string of the molecule is C[C@@H](NC(=O)Nc1cc(F)c(F)c(F)c1)C1=C(P(c2ccccc2)c2ccccc2)C=CC1. The van der Waals surface area contributed by atoms with Crippen LogP contribution in [0.1, 0.15) is 13.3 Å². The smallest absolute Gasteiger partial charge is 0.319 e. The van der Waals surface area contributed by atoms with Gasteiger partial charge in [-0.1, -0.05) is 72.8 Å². The number of hydrogen-bond acceptors (Lipinski definition) is 1. The monoisotopic (exact) mass is 466 g/mol. The molecule has 0 fully saturated rings. The summed E-state index contributed by atoms with van der Waals surface area (Å²) in [5.74, 6) is -4.30. The Bertz CT molecular complexity index is 1150. The number of carbonyl (C=O) groups is 1. The van der Waals surface area contributed by atoms with Crippen LogP contribution in [0.4, 0.5) is 23.7 Å². The molecule has 0 unspecified atom stereocenters. The minimum Gasteiger partial charge on any atom is -0.332 e. The van der Waals surface area contributed by atoms with Crippen molar-refractivity contribution in [1.29, 1.82) is 0 Å². The standard InChI is InChI=1S/C26H22F3N2OP/c1-17(30-26(32)31-18-15-22(27)25(29)23(28)16-18)21-13-8-14-24(21)33(19-9-4-2-5-10-19)20-11-6-3-7-12-20/h2-12,14-17H,13H2,1H3,(H2,30,31,32)/t17-/m1/s1. The maximum Gasteiger partial charge on any atom is 0.319 e. The summed E-state index contributed by atoms with van der Waals surface area (Å²) in [4.78, 5) is 12.5. The average Bonchev–Trinajstić information content (AvgIpc) is 3.28. The average molecular weight is 466 g/mol. The second-order valence-electron chi connectivity index (χ2n) is 7.60. The normalized spacial score (nSPS) is 14.0. The number of benzene rings is 3. The number of nitrogens with one attached hydrogen (secondary N) is 2. The second-order valence-corrected chi connectivity index (χ2v) is 9.78. The minimum atomic E-state index is -1.57. The molecule has 3 aromatic carbocycles. The summed E-state index contributed by atoms with van der Waals surface area (Å²) in [5, 5.41) is 8.78. The quantitative estimate of drug-likeness (QED) is 0.342. The first kappa shape index (κ1) is 22.8. The molecule has 3 nitrogen and oxygen atoms in total. The fraction of sp³-hybridized carbons (Fsp3) is 0.115. The van der Waals surface area contributed by atoms with Crippen LogP contribution in [0, 0.1) is 17.5 Å². The van der Waals surface area contributed by atoms with E-state index >= 15 is 0 Å². The molecule has 2 N–H and O–H groups in total. The number of carbonyl (C=O) groups excluding carboxylic acids is 1. The van der Waals surface area contributed by atoms with Gasteiger partial charge in [-0.3, -0.25) is 0 Å². The molecule has 168 valence electrons. The van der Waals surface area contributed by atoms with Crippen LogP contribution in [0.3, 0.4) is 0 Å². The van der Waals surface area contributed by atoms with Crippen LogP contribution in [0.5, 0.6) is 0 Å². The van der Waals surface area contributed by atoms with E-state index in [4.69, 9.17) is 0 Å². The Morgan fingerprint density at radius 1 is 0.909 bits per heavy atom. The zero-order valence-electron chi connectivity index (χ0n) is 17.9. The molecule has 7 heteroatoms. The zero-order valence-corrected chi connectivity index (χ0v) is 18.8. The topological polar surface area (TPSA) is 41.1 Å². The van der Waals surface area contributed by atoms with E-state index in [9.17, 15) is 18.0 Å². The minimum absolute atomic E-state index is 0.161. The molecule has 3 aromatic rings. The lowest BCUT2D eigenvalue weighted by Gasteiger charge is -2.24. The highest BCUT2D eigenvalue weighted by molar-refractivity contribution is 7.77. The number of halogens is 3. The molecule has 1 aliphatic carbocycles. The van der Waals surface area contributed by atoms with Crippen molar-refractivity contribution in [2.75, 3.05) is 5.32 Å². The summed E-state index contributed by atoms with van der Waals surface area (Å²) in [6.07, 6.45) is 4.88. The van der Waals surface area contributed by atoms with Gasteiger partial charge in [0, 0.05) is 17.8 Å². The molecular weight excluding hydrogens is 444 g/mol. The van der Waals surface area contributed by atoms with Crippen LogP contribution in [0.15, 0.2) is 95.8 Å². The summed E-state index contributed by atoms with van der Waals surface area (Å²) < 4.78 is 40.1. The summed E-state index contributed by atoms with van der Waals surface area (Å²) in [6, 6.07) is 21.0. The fourth-order valence-corrected chi connectivity index (χ4v) is 6.41. The van der Waals surface area contributed by atoms with Gasteiger partial charge in [0.25, 0.3) is 0 Å². The predicted octanol–water partition coefficient (Wildman–Crippen LogP) is 5.96. The van der Waals surface area contributed by atoms with Gasteiger partial charge in [-0.2, -0.15) is 0 Å². The highest BCUT2D eigenvalue weighted by Gasteiger charge is 2.26. The molecule has 0 saturated carbocycles. The molecule has 0 heterocycles. The third kappa shape index (κ3) is 5.18. The van der Waals surface area contributed by atoms with Gasteiger partial charge in [0.05, 0.1) is 6.04 Å². The van der Waals surface area contributed by atoms with Crippen LogP contribution >= 0.6 is 7.92 Å². The lowest BCUT2D eigenvalue weighted by molar-refractivity contribution is 0.250. The largest absolute Gasteiger partial charge is 0.332 e. The van der Waals surface area contributed by atoms with E-state index in [0.29, 0.717) is 6.42 Å². The molecule has 0 spiro atoms. The summed E-state index contributed by atoms with van der Waals surface area (Å²) in [7, 11) is -0.829. The van der Waals surface area contributed by atoms with E-state index in [1.54, 1.807) is 0 Å². The van der Waals surface area contributed by atoms with Gasteiger partial charge < -0.3 is 10.6 Å². The number of hydrogen-bond donors (Lipinski definition) is 2. The third-order valence-corrected chi connectivity index (χ3v) is 7.87. The Hall–Kier alpha value is -3.37. The van der Waals surface area contributed by atoms with Gasteiger partial charge >= 0.3 is 6.03 Å². The van der Waals surface area contributed by atoms with Crippen LogP contribution < -0.4 is 21.2 Å². The second kappa shape index (κ2) is 10.1. The lowest BCUT2D eigenvalue weighted by Crippen LogP contribution is -2.37. The first-order valence-electron chi connectivity index (χ1n) is 10.5. The number of urea groups is 1. The predicted molar refractivity (Wildman–Crippen MR) is 128 cm³/mol. The van der Waals surface area contributed by atoms with Crippen molar-refractivity contribution in [2.45, 2.75) is 19.4 Å². The van der Waals surface area contributed by atoms with Crippen molar-refractivity contribution >= 4 is 30.2 Å². The molecule has 0 saturated heterocycles. The Morgan fingerprint density at radius 2 is 1.45 bits per heavy atom. The number of anilines is 1. The van der Waals surface area contributed by atoms with Crippen molar-refractivity contribution in [3.8, 4) is 0 Å². The Balaban J connectivity index is 1.59. The Morgan fingerprint density at radius 3 is 2.00 bits per heavy atom. The van der Waals surface area contributed by atoms with Gasteiger partial charge in [0.1, 0.15) is 0 Å². The van der Waals surface area contributed by atoms with Crippen LogP contribution in [-0.2, 0) is 0 Å². The van der Waals surface area contributed by atoms with Gasteiger partial charge in [0.15, 0.2) is 17.5 Å². The van der Waals surface area contributed by atoms with E-state index in [-0.39, 0.29) is 11.7 Å². The molecule has 33 heavy (non-hydrogen) atoms. The van der Waals surface area contributed by atoms with Crippen molar-refractivity contribution in [2.24, 2.45) is 0 Å². The first-order chi connectivity index (χ1) is 15.9. The van der Waals surface area contributed by atoms with Gasteiger partial charge in [-0.25, -0.2) is 18.0 Å². The zero-order chi connectivity index (χ0) is 23.4. The van der Waals surface area contributed by atoms with Crippen LogP contribution in [-0.4, -0.2) is 12.1 Å². The molecule has 1 atom stereocenters. The van der Waals surface area contributed by atoms with Crippen molar-refractivity contribution in [3.05, 3.63) is 113 Å². The molecular formula is C26H22F3N2OP. The summed E-state index contributed by atoms with van der Waals surface area (Å²) >= 11 is 0. The summed E-state index contributed by atoms with van der Waals surface area (Å²) in [5.41, 5.74) is 0.908. The van der Waals surface area contributed by atoms with Crippen molar-refractivity contribution in [3.63, 3.8) is 0 Å². The highest BCUT2D eigenvalue weighted by atomic mass is 31.1. The first-order valence-corrected chi connectivity index (χ1v) is 11.8. The molecule has 0 aromatic heterocycles.